The van der Waals surface area contributed by atoms with Gasteiger partial charge in [-0.3, -0.25) is 4.90 Å². The van der Waals surface area contributed by atoms with Crippen LogP contribution in [0.25, 0.3) is 0 Å². The molecule has 2 heterocycles. The quantitative estimate of drug-likeness (QED) is 0.871. The van der Waals surface area contributed by atoms with Crippen LogP contribution in [0.4, 0.5) is 0 Å². The topological polar surface area (TPSA) is 24.5 Å². The standard InChI is InChI=1S/C19H26N2OS/c1-15-13-21(8-9-22-15)14-18-6-3-5-17(11-18)12-20-16(2)19-7-4-10-23-19/h3-7,10-11,15-16,20H,8-9,12-14H2,1-2H3/t15-,16+/m1/s1. The smallest absolute Gasteiger partial charge is 0.0674 e. The minimum Gasteiger partial charge on any atom is -0.376 e. The van der Waals surface area contributed by atoms with Gasteiger partial charge in [0.2, 0.25) is 0 Å². The lowest BCUT2D eigenvalue weighted by atomic mass is 10.1. The molecule has 1 N–H and O–H groups in total. The number of ether oxygens (including phenoxy) is 1. The highest BCUT2D eigenvalue weighted by atomic mass is 32.1. The maximum absolute atomic E-state index is 5.62. The molecular weight excluding hydrogens is 304 g/mol. The summed E-state index contributed by atoms with van der Waals surface area (Å²) >= 11 is 1.81. The van der Waals surface area contributed by atoms with Crippen LogP contribution in [0.1, 0.15) is 35.9 Å². The third-order valence-corrected chi connectivity index (χ3v) is 5.36. The summed E-state index contributed by atoms with van der Waals surface area (Å²) in [5, 5.41) is 5.75. The number of rotatable bonds is 6. The predicted molar refractivity (Wildman–Crippen MR) is 96.7 cm³/mol. The van der Waals surface area contributed by atoms with Gasteiger partial charge < -0.3 is 10.1 Å². The van der Waals surface area contributed by atoms with Crippen LogP contribution in [-0.2, 0) is 17.8 Å². The Morgan fingerprint density at radius 2 is 2.17 bits per heavy atom. The molecule has 124 valence electrons. The fraction of sp³-hybridized carbons (Fsp3) is 0.474. The third kappa shape index (κ3) is 4.88. The van der Waals surface area contributed by atoms with E-state index in [1.54, 1.807) is 0 Å². The lowest BCUT2D eigenvalue weighted by Crippen LogP contribution is -2.40. The van der Waals surface area contributed by atoms with Crippen LogP contribution in [0, 0.1) is 0 Å². The molecule has 0 bridgehead atoms. The molecule has 2 aromatic rings. The van der Waals surface area contributed by atoms with Crippen molar-refractivity contribution in [2.75, 3.05) is 19.7 Å². The van der Waals surface area contributed by atoms with Crippen LogP contribution in [0.2, 0.25) is 0 Å². The van der Waals surface area contributed by atoms with E-state index >= 15 is 0 Å². The maximum atomic E-state index is 5.62. The zero-order valence-corrected chi connectivity index (χ0v) is 14.8. The van der Waals surface area contributed by atoms with Crippen LogP contribution in [0.5, 0.6) is 0 Å². The Labute approximate surface area is 143 Å². The first-order valence-corrected chi connectivity index (χ1v) is 9.27. The first-order valence-electron chi connectivity index (χ1n) is 8.39. The van der Waals surface area contributed by atoms with Crippen molar-refractivity contribution in [1.82, 2.24) is 10.2 Å². The minimum absolute atomic E-state index is 0.347. The molecule has 1 aliphatic rings. The summed E-state index contributed by atoms with van der Waals surface area (Å²) in [6.45, 7) is 9.21. The highest BCUT2D eigenvalue weighted by Gasteiger charge is 2.16. The molecule has 0 saturated carbocycles. The van der Waals surface area contributed by atoms with Crippen LogP contribution < -0.4 is 5.32 Å². The Bertz CT molecular complexity index is 599. The van der Waals surface area contributed by atoms with Crippen LogP contribution in [0.3, 0.4) is 0 Å². The Morgan fingerprint density at radius 1 is 1.30 bits per heavy atom. The number of hydrogen-bond acceptors (Lipinski definition) is 4. The molecule has 0 spiro atoms. The molecule has 0 radical (unpaired) electrons. The summed E-state index contributed by atoms with van der Waals surface area (Å²) in [5.41, 5.74) is 2.74. The van der Waals surface area contributed by atoms with Gasteiger partial charge >= 0.3 is 0 Å². The summed E-state index contributed by atoms with van der Waals surface area (Å²) in [5.74, 6) is 0. The molecule has 23 heavy (non-hydrogen) atoms. The van der Waals surface area contributed by atoms with Crippen LogP contribution in [0.15, 0.2) is 41.8 Å². The molecule has 1 saturated heterocycles. The number of thiophene rings is 1. The van der Waals surface area contributed by atoms with Gasteiger partial charge in [0.15, 0.2) is 0 Å². The summed E-state index contributed by atoms with van der Waals surface area (Å²) in [6.07, 6.45) is 0.347. The molecule has 0 unspecified atom stereocenters. The van der Waals surface area contributed by atoms with Crippen molar-refractivity contribution in [1.29, 1.82) is 0 Å². The van der Waals surface area contributed by atoms with Gasteiger partial charge in [-0.05, 0) is 36.4 Å². The number of nitrogens with one attached hydrogen (secondary N) is 1. The Balaban J connectivity index is 1.54. The van der Waals surface area contributed by atoms with E-state index in [1.807, 2.05) is 11.3 Å². The highest BCUT2D eigenvalue weighted by molar-refractivity contribution is 7.10. The molecule has 3 nitrogen and oxygen atoms in total. The maximum Gasteiger partial charge on any atom is 0.0674 e. The number of hydrogen-bond donors (Lipinski definition) is 1. The summed E-state index contributed by atoms with van der Waals surface area (Å²) in [4.78, 5) is 3.87. The molecule has 3 rings (SSSR count). The van der Waals surface area contributed by atoms with Gasteiger partial charge in [0, 0.05) is 37.1 Å². The molecule has 4 heteroatoms. The van der Waals surface area contributed by atoms with Crippen molar-refractivity contribution in [2.45, 2.75) is 39.1 Å². The van der Waals surface area contributed by atoms with Crippen molar-refractivity contribution in [3.8, 4) is 0 Å². The summed E-state index contributed by atoms with van der Waals surface area (Å²) in [7, 11) is 0. The molecule has 1 aromatic heterocycles. The van der Waals surface area contributed by atoms with E-state index in [9.17, 15) is 0 Å². The number of benzene rings is 1. The fourth-order valence-corrected chi connectivity index (χ4v) is 3.80. The molecular formula is C19H26N2OS. The van der Waals surface area contributed by atoms with Crippen molar-refractivity contribution in [3.63, 3.8) is 0 Å². The van der Waals surface area contributed by atoms with Crippen molar-refractivity contribution in [3.05, 3.63) is 57.8 Å². The SMILES string of the molecule is C[C@@H]1CN(Cc2cccc(CN[C@@H](C)c3cccs3)c2)CCO1. The second kappa shape index (κ2) is 8.06. The first kappa shape index (κ1) is 16.7. The van der Waals surface area contributed by atoms with Gasteiger partial charge in [0.25, 0.3) is 0 Å². The molecule has 1 fully saturated rings. The monoisotopic (exact) mass is 330 g/mol. The fourth-order valence-electron chi connectivity index (χ4n) is 3.04. The van der Waals surface area contributed by atoms with Gasteiger partial charge in [0.1, 0.15) is 0 Å². The van der Waals surface area contributed by atoms with E-state index in [2.05, 4.69) is 65.8 Å². The van der Waals surface area contributed by atoms with Gasteiger partial charge in [-0.25, -0.2) is 0 Å². The van der Waals surface area contributed by atoms with Crippen molar-refractivity contribution in [2.24, 2.45) is 0 Å². The van der Waals surface area contributed by atoms with Gasteiger partial charge in [-0.1, -0.05) is 30.3 Å². The average Bonchev–Trinajstić information content (AvgIpc) is 3.07. The molecule has 0 amide bonds. The van der Waals surface area contributed by atoms with E-state index in [0.717, 1.165) is 32.8 Å². The zero-order chi connectivity index (χ0) is 16.1. The van der Waals surface area contributed by atoms with Gasteiger partial charge in [-0.2, -0.15) is 0 Å². The van der Waals surface area contributed by atoms with Gasteiger partial charge in [0.05, 0.1) is 12.7 Å². The van der Waals surface area contributed by atoms with Crippen LogP contribution in [-0.4, -0.2) is 30.7 Å². The normalized spacial score (nSPS) is 20.5. The average molecular weight is 330 g/mol. The van der Waals surface area contributed by atoms with E-state index < -0.39 is 0 Å². The summed E-state index contributed by atoms with van der Waals surface area (Å²) < 4.78 is 5.62. The molecule has 1 aliphatic heterocycles. The third-order valence-electron chi connectivity index (χ3n) is 4.31. The first-order chi connectivity index (χ1) is 11.2. The Kier molecular flexibility index (Phi) is 5.84. The van der Waals surface area contributed by atoms with Crippen LogP contribution >= 0.6 is 11.3 Å². The molecule has 2 atom stereocenters. The van der Waals surface area contributed by atoms with E-state index in [1.165, 1.54) is 16.0 Å². The summed E-state index contributed by atoms with van der Waals surface area (Å²) in [6, 6.07) is 13.6. The van der Waals surface area contributed by atoms with E-state index in [4.69, 9.17) is 4.74 Å². The van der Waals surface area contributed by atoms with Gasteiger partial charge in [-0.15, -0.1) is 11.3 Å². The lowest BCUT2D eigenvalue weighted by Gasteiger charge is -2.31. The molecule has 0 aliphatic carbocycles. The highest BCUT2D eigenvalue weighted by Crippen LogP contribution is 2.19. The van der Waals surface area contributed by atoms with E-state index in [0.29, 0.717) is 12.1 Å². The van der Waals surface area contributed by atoms with Crippen molar-refractivity contribution >= 4 is 11.3 Å². The number of morpholine rings is 1. The largest absolute Gasteiger partial charge is 0.376 e. The Morgan fingerprint density at radius 3 is 2.96 bits per heavy atom. The lowest BCUT2D eigenvalue weighted by molar-refractivity contribution is -0.0212. The predicted octanol–water partition coefficient (Wildman–Crippen LogP) is 3.82. The molecule has 1 aromatic carbocycles. The zero-order valence-electron chi connectivity index (χ0n) is 14.0. The minimum atomic E-state index is 0.347. The number of nitrogens with zero attached hydrogens (tertiary/aromatic N) is 1. The van der Waals surface area contributed by atoms with E-state index in [-0.39, 0.29) is 0 Å². The second-order valence-corrected chi connectivity index (χ2v) is 7.33. The Hall–Kier alpha value is -1.20. The second-order valence-electron chi connectivity index (χ2n) is 6.35. The van der Waals surface area contributed by atoms with Crippen molar-refractivity contribution < 1.29 is 4.74 Å².